The van der Waals surface area contributed by atoms with Gasteiger partial charge in [-0.15, -0.1) is 0 Å². The fraction of sp³-hybridized carbons (Fsp3) is 0.600. The number of aryl methyl sites for hydroxylation is 1. The fourth-order valence-corrected chi connectivity index (χ4v) is 2.72. The van der Waals surface area contributed by atoms with Gasteiger partial charge in [-0.2, -0.15) is 4.98 Å². The zero-order valence-corrected chi connectivity index (χ0v) is 12.4. The average Bonchev–Trinajstić information content (AvgIpc) is 2.32. The first-order valence-corrected chi connectivity index (χ1v) is 6.99. The summed E-state index contributed by atoms with van der Waals surface area (Å²) in [6, 6.07) is 0. The van der Waals surface area contributed by atoms with Crippen molar-refractivity contribution in [3.8, 4) is 0 Å². The molecule has 1 aliphatic rings. The van der Waals surface area contributed by atoms with Crippen molar-refractivity contribution in [1.82, 2.24) is 9.97 Å². The van der Waals surface area contributed by atoms with E-state index in [0.717, 1.165) is 42.0 Å². The largest absolute Gasteiger partial charge is 0.357 e. The Morgan fingerprint density at radius 2 is 2.11 bits per heavy atom. The van der Waals surface area contributed by atoms with Gasteiger partial charge in [0.05, 0.1) is 5.69 Å². The van der Waals surface area contributed by atoms with Crippen molar-refractivity contribution < 1.29 is 0 Å². The number of nitrogens with zero attached hydrogens (tertiary/aromatic N) is 3. The van der Waals surface area contributed by atoms with Crippen LogP contribution in [0.25, 0.3) is 6.08 Å². The van der Waals surface area contributed by atoms with Crippen LogP contribution in [0.5, 0.6) is 0 Å². The Bertz CT molecular complexity index is 461. The van der Waals surface area contributed by atoms with Crippen molar-refractivity contribution in [2.75, 3.05) is 30.4 Å². The van der Waals surface area contributed by atoms with Gasteiger partial charge in [-0.25, -0.2) is 4.98 Å². The Morgan fingerprint density at radius 3 is 2.63 bits per heavy atom. The number of anilines is 2. The van der Waals surface area contributed by atoms with Crippen molar-refractivity contribution >= 4 is 17.8 Å². The molecule has 0 aromatic carbocycles. The van der Waals surface area contributed by atoms with Gasteiger partial charge < -0.3 is 10.2 Å². The molecule has 19 heavy (non-hydrogen) atoms. The number of aromatic nitrogens is 2. The molecule has 1 aromatic rings. The topological polar surface area (TPSA) is 41.1 Å². The van der Waals surface area contributed by atoms with Gasteiger partial charge in [0.1, 0.15) is 5.82 Å². The molecule has 0 spiro atoms. The third-order valence-electron chi connectivity index (χ3n) is 3.61. The number of rotatable bonds is 5. The maximum Gasteiger partial charge on any atom is 0.224 e. The van der Waals surface area contributed by atoms with Gasteiger partial charge in [-0.1, -0.05) is 26.5 Å². The first-order valence-electron chi connectivity index (χ1n) is 6.99. The van der Waals surface area contributed by atoms with Crippen LogP contribution in [0.15, 0.2) is 6.58 Å². The molecular weight excluding hydrogens is 236 g/mol. The third-order valence-corrected chi connectivity index (χ3v) is 3.61. The Hall–Kier alpha value is -1.58. The zero-order chi connectivity index (χ0) is 14.0. The molecule has 1 fully saturated rings. The maximum absolute atomic E-state index is 4.59. The molecule has 0 amide bonds. The zero-order valence-electron chi connectivity index (χ0n) is 12.4. The lowest BCUT2D eigenvalue weighted by Crippen LogP contribution is -2.48. The Morgan fingerprint density at radius 1 is 1.42 bits per heavy atom. The Balaban J connectivity index is 2.16. The summed E-state index contributed by atoms with van der Waals surface area (Å²) in [7, 11) is 1.85. The molecule has 1 saturated heterocycles. The number of hydrogen-bond acceptors (Lipinski definition) is 4. The molecule has 1 aromatic heterocycles. The summed E-state index contributed by atoms with van der Waals surface area (Å²) in [6.45, 7) is 12.7. The highest BCUT2D eigenvalue weighted by Gasteiger charge is 2.30. The molecule has 0 bridgehead atoms. The summed E-state index contributed by atoms with van der Waals surface area (Å²) >= 11 is 0. The lowest BCUT2D eigenvalue weighted by atomic mass is 9.90. The van der Waals surface area contributed by atoms with E-state index < -0.39 is 0 Å². The summed E-state index contributed by atoms with van der Waals surface area (Å²) in [6.07, 6.45) is 3.16. The summed E-state index contributed by atoms with van der Waals surface area (Å²) in [5.74, 6) is 3.27. The highest BCUT2D eigenvalue weighted by atomic mass is 15.3. The normalized spacial score (nSPS) is 15.5. The lowest BCUT2D eigenvalue weighted by molar-refractivity contribution is 0.336. The van der Waals surface area contributed by atoms with E-state index in [1.165, 1.54) is 6.42 Å². The molecule has 0 aliphatic carbocycles. The Kier molecular flexibility index (Phi) is 4.08. The second-order valence-corrected chi connectivity index (χ2v) is 5.72. The first-order chi connectivity index (χ1) is 9.05. The smallest absolute Gasteiger partial charge is 0.224 e. The van der Waals surface area contributed by atoms with Gasteiger partial charge in [-0.3, -0.25) is 0 Å². The summed E-state index contributed by atoms with van der Waals surface area (Å²) in [5.41, 5.74) is 2.04. The molecule has 4 nitrogen and oxygen atoms in total. The monoisotopic (exact) mass is 260 g/mol. The average molecular weight is 260 g/mol. The maximum atomic E-state index is 4.59. The first kappa shape index (κ1) is 13.8. The summed E-state index contributed by atoms with van der Waals surface area (Å²) in [4.78, 5) is 11.3. The van der Waals surface area contributed by atoms with E-state index in [-0.39, 0.29) is 0 Å². The minimum atomic E-state index is 0.686. The van der Waals surface area contributed by atoms with E-state index in [4.69, 9.17) is 0 Å². The van der Waals surface area contributed by atoms with Crippen molar-refractivity contribution in [3.63, 3.8) is 0 Å². The lowest BCUT2D eigenvalue weighted by Gasteiger charge is -2.41. The summed E-state index contributed by atoms with van der Waals surface area (Å²) in [5, 5.41) is 3.02. The van der Waals surface area contributed by atoms with Gasteiger partial charge in [0.15, 0.2) is 0 Å². The van der Waals surface area contributed by atoms with Gasteiger partial charge in [0.2, 0.25) is 5.95 Å². The molecule has 0 saturated carbocycles. The van der Waals surface area contributed by atoms with E-state index in [9.17, 15) is 0 Å². The molecule has 0 radical (unpaired) electrons. The SMILES string of the molecule is C=Cc1c(C)nc(NC)nc1N1CC(CC(C)C)C1. The molecule has 2 heterocycles. The van der Waals surface area contributed by atoms with Crippen LogP contribution in [0.1, 0.15) is 31.5 Å². The Labute approximate surface area is 115 Å². The molecule has 2 rings (SSSR count). The van der Waals surface area contributed by atoms with Gasteiger partial charge in [0.25, 0.3) is 0 Å². The molecule has 0 atom stereocenters. The summed E-state index contributed by atoms with van der Waals surface area (Å²) < 4.78 is 0. The standard InChI is InChI=1S/C15H24N4/c1-6-13-11(4)17-15(16-5)18-14(13)19-8-12(9-19)7-10(2)3/h6,10,12H,1,7-9H2,2-5H3,(H,16,17,18). The van der Waals surface area contributed by atoms with E-state index >= 15 is 0 Å². The molecule has 104 valence electrons. The van der Waals surface area contributed by atoms with E-state index in [2.05, 4.69) is 40.6 Å². The molecule has 4 heteroatoms. The van der Waals surface area contributed by atoms with Crippen LogP contribution in [0.2, 0.25) is 0 Å². The van der Waals surface area contributed by atoms with Gasteiger partial charge in [-0.05, 0) is 25.2 Å². The predicted octanol–water partition coefficient (Wildman–Crippen LogP) is 2.95. The van der Waals surface area contributed by atoms with Crippen LogP contribution < -0.4 is 10.2 Å². The highest BCUT2D eigenvalue weighted by Crippen LogP contribution is 2.31. The van der Waals surface area contributed by atoms with Gasteiger partial charge >= 0.3 is 0 Å². The number of hydrogen-bond donors (Lipinski definition) is 1. The van der Waals surface area contributed by atoms with Crippen molar-refractivity contribution in [3.05, 3.63) is 17.8 Å². The minimum absolute atomic E-state index is 0.686. The van der Waals surface area contributed by atoms with Crippen LogP contribution in [0, 0.1) is 18.8 Å². The molecular formula is C15H24N4. The number of nitrogens with one attached hydrogen (secondary N) is 1. The van der Waals surface area contributed by atoms with Crippen LogP contribution in [-0.2, 0) is 0 Å². The second kappa shape index (κ2) is 5.59. The van der Waals surface area contributed by atoms with Crippen LogP contribution in [-0.4, -0.2) is 30.1 Å². The molecule has 0 unspecified atom stereocenters. The van der Waals surface area contributed by atoms with Crippen molar-refractivity contribution in [2.45, 2.75) is 27.2 Å². The third kappa shape index (κ3) is 2.88. The second-order valence-electron chi connectivity index (χ2n) is 5.72. The quantitative estimate of drug-likeness (QED) is 0.883. The van der Waals surface area contributed by atoms with Gasteiger partial charge in [0, 0.05) is 25.7 Å². The van der Waals surface area contributed by atoms with E-state index in [1.807, 2.05) is 20.0 Å². The molecule has 1 aliphatic heterocycles. The van der Waals surface area contributed by atoms with Crippen LogP contribution in [0.4, 0.5) is 11.8 Å². The van der Waals surface area contributed by atoms with Crippen LogP contribution in [0.3, 0.4) is 0 Å². The highest BCUT2D eigenvalue weighted by molar-refractivity contribution is 5.67. The predicted molar refractivity (Wildman–Crippen MR) is 81.6 cm³/mol. The molecule has 1 N–H and O–H groups in total. The fourth-order valence-electron chi connectivity index (χ4n) is 2.72. The van der Waals surface area contributed by atoms with Crippen LogP contribution >= 0.6 is 0 Å². The van der Waals surface area contributed by atoms with Crippen molar-refractivity contribution in [1.29, 1.82) is 0 Å². The van der Waals surface area contributed by atoms with Crippen molar-refractivity contribution in [2.24, 2.45) is 11.8 Å². The van der Waals surface area contributed by atoms with E-state index in [1.54, 1.807) is 0 Å². The van der Waals surface area contributed by atoms with E-state index in [0.29, 0.717) is 5.95 Å². The minimum Gasteiger partial charge on any atom is -0.357 e.